The van der Waals surface area contributed by atoms with E-state index in [1.807, 2.05) is 18.4 Å². The Morgan fingerprint density at radius 3 is 2.33 bits per heavy atom. The lowest BCUT2D eigenvalue weighted by Crippen LogP contribution is -2.46. The summed E-state index contributed by atoms with van der Waals surface area (Å²) in [6, 6.07) is 7.48. The van der Waals surface area contributed by atoms with Gasteiger partial charge in [0.1, 0.15) is 6.04 Å². The molecule has 164 valence electrons. The average Bonchev–Trinajstić information content (AvgIpc) is 3.13. The Morgan fingerprint density at radius 2 is 1.77 bits per heavy atom. The van der Waals surface area contributed by atoms with Crippen LogP contribution in [-0.4, -0.2) is 49.3 Å². The van der Waals surface area contributed by atoms with E-state index in [2.05, 4.69) is 36.2 Å². The molecule has 2 rings (SSSR count). The van der Waals surface area contributed by atoms with E-state index in [1.54, 1.807) is 12.5 Å². The molecule has 0 saturated carbocycles. The number of imidazole rings is 1. The highest BCUT2D eigenvalue weighted by atomic mass is 16.4. The van der Waals surface area contributed by atoms with Gasteiger partial charge in [0.05, 0.1) is 6.33 Å². The molecule has 0 spiro atoms. The second-order valence-corrected chi connectivity index (χ2v) is 8.14. The van der Waals surface area contributed by atoms with Gasteiger partial charge in [-0.05, 0) is 36.3 Å². The molecule has 0 bridgehead atoms. The van der Waals surface area contributed by atoms with Crippen LogP contribution in [0.15, 0.2) is 36.8 Å². The maximum Gasteiger partial charge on any atom is 0.408 e. The molecule has 1 aromatic heterocycles. The SMILES string of the molecule is CCCCc1ccc(Cn2cncc2CCN(C(=O)O)C(CC(C)C)C(=O)O)cc1. The summed E-state index contributed by atoms with van der Waals surface area (Å²) in [6.07, 6.45) is 6.36. The monoisotopic (exact) mass is 415 g/mol. The molecule has 30 heavy (non-hydrogen) atoms. The van der Waals surface area contributed by atoms with Gasteiger partial charge in [-0.2, -0.15) is 0 Å². The summed E-state index contributed by atoms with van der Waals surface area (Å²) in [4.78, 5) is 28.6. The molecule has 1 heterocycles. The van der Waals surface area contributed by atoms with Crippen molar-refractivity contribution in [2.75, 3.05) is 6.54 Å². The Balaban J connectivity index is 2.05. The van der Waals surface area contributed by atoms with Crippen molar-refractivity contribution >= 4 is 12.1 Å². The Labute approximate surface area is 178 Å². The lowest BCUT2D eigenvalue weighted by Gasteiger charge is -2.27. The van der Waals surface area contributed by atoms with Gasteiger partial charge in [-0.15, -0.1) is 0 Å². The molecule has 1 atom stereocenters. The number of hydrogen-bond donors (Lipinski definition) is 2. The van der Waals surface area contributed by atoms with Crippen molar-refractivity contribution in [3.05, 3.63) is 53.6 Å². The minimum atomic E-state index is -1.21. The van der Waals surface area contributed by atoms with E-state index in [-0.39, 0.29) is 18.9 Å². The molecule has 2 aromatic rings. The molecule has 0 radical (unpaired) electrons. The van der Waals surface area contributed by atoms with E-state index in [0.29, 0.717) is 13.0 Å². The Bertz CT molecular complexity index is 814. The lowest BCUT2D eigenvalue weighted by atomic mass is 10.0. The van der Waals surface area contributed by atoms with E-state index in [9.17, 15) is 19.8 Å². The smallest absolute Gasteiger partial charge is 0.408 e. The number of unbranched alkanes of at least 4 members (excludes halogenated alkanes) is 1. The van der Waals surface area contributed by atoms with Crippen molar-refractivity contribution in [1.29, 1.82) is 0 Å². The van der Waals surface area contributed by atoms with Gasteiger partial charge in [-0.25, -0.2) is 14.6 Å². The Morgan fingerprint density at radius 1 is 1.10 bits per heavy atom. The third-order valence-corrected chi connectivity index (χ3v) is 5.20. The predicted molar refractivity (Wildman–Crippen MR) is 116 cm³/mol. The van der Waals surface area contributed by atoms with Gasteiger partial charge in [0.2, 0.25) is 0 Å². The standard InChI is InChI=1S/C23H33N3O4/c1-4-5-6-18-7-9-19(10-8-18)15-25-16-24-14-20(25)11-12-26(23(29)30)21(22(27)28)13-17(2)3/h7-10,14,16-17,21H,4-6,11-13,15H2,1-3H3,(H,27,28)(H,29,30). The van der Waals surface area contributed by atoms with Gasteiger partial charge in [-0.3, -0.25) is 4.90 Å². The number of amides is 1. The highest BCUT2D eigenvalue weighted by Crippen LogP contribution is 2.15. The van der Waals surface area contributed by atoms with Crippen LogP contribution in [-0.2, 0) is 24.2 Å². The first-order chi connectivity index (χ1) is 14.3. The summed E-state index contributed by atoms with van der Waals surface area (Å²) in [5.74, 6) is -1.03. The summed E-state index contributed by atoms with van der Waals surface area (Å²) in [6.45, 7) is 6.71. The van der Waals surface area contributed by atoms with E-state index >= 15 is 0 Å². The number of hydrogen-bond acceptors (Lipinski definition) is 3. The van der Waals surface area contributed by atoms with Crippen LogP contribution >= 0.6 is 0 Å². The van der Waals surface area contributed by atoms with E-state index < -0.39 is 18.1 Å². The molecule has 1 amide bonds. The number of carboxylic acid groups (broad SMARTS) is 2. The molecule has 1 unspecified atom stereocenters. The van der Waals surface area contributed by atoms with Crippen molar-refractivity contribution in [3.63, 3.8) is 0 Å². The molecular formula is C23H33N3O4. The van der Waals surface area contributed by atoms with E-state index in [1.165, 1.54) is 18.4 Å². The number of benzene rings is 1. The molecule has 7 nitrogen and oxygen atoms in total. The third kappa shape index (κ3) is 6.90. The summed E-state index contributed by atoms with van der Waals surface area (Å²) < 4.78 is 1.99. The zero-order chi connectivity index (χ0) is 22.1. The number of rotatable bonds is 12. The van der Waals surface area contributed by atoms with E-state index in [0.717, 1.165) is 22.6 Å². The summed E-state index contributed by atoms with van der Waals surface area (Å²) in [5.41, 5.74) is 3.35. The van der Waals surface area contributed by atoms with Crippen LogP contribution in [0.25, 0.3) is 0 Å². The van der Waals surface area contributed by atoms with Gasteiger partial charge in [-0.1, -0.05) is 51.5 Å². The molecule has 2 N–H and O–H groups in total. The summed E-state index contributed by atoms with van der Waals surface area (Å²) >= 11 is 0. The highest BCUT2D eigenvalue weighted by molar-refractivity contribution is 5.79. The number of nitrogens with zero attached hydrogens (tertiary/aromatic N) is 3. The molecule has 0 saturated heterocycles. The van der Waals surface area contributed by atoms with Gasteiger partial charge in [0.15, 0.2) is 0 Å². The second-order valence-electron chi connectivity index (χ2n) is 8.14. The normalized spacial score (nSPS) is 12.1. The first-order valence-electron chi connectivity index (χ1n) is 10.6. The summed E-state index contributed by atoms with van der Waals surface area (Å²) in [7, 11) is 0. The zero-order valence-electron chi connectivity index (χ0n) is 18.1. The molecule has 0 aliphatic heterocycles. The quantitative estimate of drug-likeness (QED) is 0.539. The van der Waals surface area contributed by atoms with Crippen LogP contribution in [0.2, 0.25) is 0 Å². The topological polar surface area (TPSA) is 95.7 Å². The van der Waals surface area contributed by atoms with Crippen molar-refractivity contribution < 1.29 is 19.8 Å². The molecule has 0 fully saturated rings. The van der Waals surface area contributed by atoms with Crippen LogP contribution in [0.5, 0.6) is 0 Å². The van der Waals surface area contributed by atoms with E-state index in [4.69, 9.17) is 0 Å². The van der Waals surface area contributed by atoms with Crippen molar-refractivity contribution in [2.24, 2.45) is 5.92 Å². The van der Waals surface area contributed by atoms with Crippen LogP contribution < -0.4 is 0 Å². The average molecular weight is 416 g/mol. The zero-order valence-corrected chi connectivity index (χ0v) is 18.1. The third-order valence-electron chi connectivity index (χ3n) is 5.20. The number of aryl methyl sites for hydroxylation is 1. The molecule has 1 aromatic carbocycles. The van der Waals surface area contributed by atoms with Gasteiger partial charge < -0.3 is 14.8 Å². The minimum Gasteiger partial charge on any atom is -0.480 e. The Hall–Kier alpha value is -2.83. The molecule has 0 aliphatic carbocycles. The fourth-order valence-electron chi connectivity index (χ4n) is 3.52. The Kier molecular flexibility index (Phi) is 8.89. The lowest BCUT2D eigenvalue weighted by molar-refractivity contribution is -0.143. The van der Waals surface area contributed by atoms with Crippen LogP contribution in [0.4, 0.5) is 4.79 Å². The molecule has 7 heteroatoms. The van der Waals surface area contributed by atoms with Crippen molar-refractivity contribution in [3.8, 4) is 0 Å². The number of carbonyl (C=O) groups is 2. The highest BCUT2D eigenvalue weighted by Gasteiger charge is 2.30. The van der Waals surface area contributed by atoms with Crippen LogP contribution in [0.3, 0.4) is 0 Å². The number of aliphatic carboxylic acids is 1. The van der Waals surface area contributed by atoms with Crippen LogP contribution in [0.1, 0.15) is 56.9 Å². The second kappa shape index (κ2) is 11.4. The maximum atomic E-state index is 11.7. The largest absolute Gasteiger partial charge is 0.480 e. The molecular weight excluding hydrogens is 382 g/mol. The fourth-order valence-corrected chi connectivity index (χ4v) is 3.52. The van der Waals surface area contributed by atoms with Crippen molar-refractivity contribution in [2.45, 2.75) is 65.5 Å². The molecule has 0 aliphatic rings. The summed E-state index contributed by atoms with van der Waals surface area (Å²) in [5, 5.41) is 19.1. The fraction of sp³-hybridized carbons (Fsp3) is 0.522. The minimum absolute atomic E-state index is 0.0822. The van der Waals surface area contributed by atoms with Gasteiger partial charge >= 0.3 is 12.1 Å². The van der Waals surface area contributed by atoms with Crippen molar-refractivity contribution in [1.82, 2.24) is 14.5 Å². The van der Waals surface area contributed by atoms with Gasteiger partial charge in [0, 0.05) is 31.4 Å². The predicted octanol–water partition coefficient (Wildman–Crippen LogP) is 4.30. The number of aromatic nitrogens is 2. The van der Waals surface area contributed by atoms with Gasteiger partial charge in [0.25, 0.3) is 0 Å². The maximum absolute atomic E-state index is 11.7. The first kappa shape index (κ1) is 23.4. The number of carboxylic acids is 1. The first-order valence-corrected chi connectivity index (χ1v) is 10.6. The van der Waals surface area contributed by atoms with Crippen LogP contribution in [0, 0.1) is 5.92 Å².